The van der Waals surface area contributed by atoms with Gasteiger partial charge in [-0.25, -0.2) is 38.7 Å². The Morgan fingerprint density at radius 2 is 0.633 bits per heavy atom. The number of carbonyl (C=O) groups is 1. The zero-order valence-corrected chi connectivity index (χ0v) is 64.9. The molecule has 7 heterocycles. The Morgan fingerprint density at radius 3 is 1.02 bits per heavy atom. The van der Waals surface area contributed by atoms with Crippen LogP contribution in [0.25, 0.3) is 189 Å². The molecule has 109 heavy (non-hydrogen) atoms. The molecular formula is C91H59F2K2N9O5. The number of rotatable bonds is 9. The van der Waals surface area contributed by atoms with Gasteiger partial charge in [-0.1, -0.05) is 267 Å². The van der Waals surface area contributed by atoms with Gasteiger partial charge in [0.05, 0.1) is 55.3 Å². The maximum Gasteiger partial charge on any atom is 1.00 e. The van der Waals surface area contributed by atoms with Gasteiger partial charge in [0.15, 0.2) is 46.1 Å². The van der Waals surface area contributed by atoms with Gasteiger partial charge < -0.3 is 34.5 Å². The zero-order chi connectivity index (χ0) is 71.9. The molecule has 0 saturated heterocycles. The zero-order valence-electron chi connectivity index (χ0n) is 59.6. The summed E-state index contributed by atoms with van der Waals surface area (Å²) in [6, 6.07) is 109. The number of H-pyrrole nitrogens is 1. The summed E-state index contributed by atoms with van der Waals surface area (Å²) in [5.41, 5.74) is 14.8. The van der Waals surface area contributed by atoms with Gasteiger partial charge in [-0.15, -0.1) is 0 Å². The Labute approximate surface area is 708 Å². The smallest absolute Gasteiger partial charge is 1.00 e. The quantitative estimate of drug-likeness (QED) is 0.0629. The van der Waals surface area contributed by atoms with Crippen molar-refractivity contribution < 1.29 is 138 Å². The second-order valence-corrected chi connectivity index (χ2v) is 25.3. The predicted molar refractivity (Wildman–Crippen MR) is 422 cm³/mol. The van der Waals surface area contributed by atoms with Crippen molar-refractivity contribution in [2.75, 3.05) is 0 Å². The molecule has 0 aliphatic rings. The summed E-state index contributed by atoms with van der Waals surface area (Å²) in [6.45, 7) is -0.181. The third-order valence-electron chi connectivity index (χ3n) is 19.1. The van der Waals surface area contributed by atoms with Crippen LogP contribution in [0.2, 0.25) is 0 Å². The molecule has 18 heteroatoms. The van der Waals surface area contributed by atoms with E-state index in [4.69, 9.17) is 33.8 Å². The molecule has 0 aliphatic heterocycles. The van der Waals surface area contributed by atoms with Crippen LogP contribution in [-0.2, 0) is 9.68 Å². The molecule has 0 spiro atoms. The molecule has 1 N–H and O–H groups in total. The van der Waals surface area contributed by atoms with Crippen LogP contribution in [0.3, 0.4) is 0 Å². The minimum atomic E-state index is -0.803. The van der Waals surface area contributed by atoms with Crippen LogP contribution < -0.4 is 108 Å². The minimum absolute atomic E-state index is 0. The maximum absolute atomic E-state index is 15.3. The van der Waals surface area contributed by atoms with Gasteiger partial charge in [-0.05, 0) is 54.6 Å². The van der Waals surface area contributed by atoms with Gasteiger partial charge in [0.2, 0.25) is 0 Å². The van der Waals surface area contributed by atoms with Crippen molar-refractivity contribution in [1.29, 1.82) is 0 Å². The summed E-state index contributed by atoms with van der Waals surface area (Å²) in [5.74, 6) is 1.04. The molecule has 0 fully saturated rings. The topological polar surface area (TPSA) is 179 Å². The number of benzene rings is 14. The molecule has 21 rings (SSSR count). The number of nitrogens with one attached hydrogen (secondary N) is 1. The third kappa shape index (κ3) is 13.5. The number of halogens is 2. The van der Waals surface area contributed by atoms with Crippen LogP contribution in [0.4, 0.5) is 8.78 Å². The molecule has 14 aromatic carbocycles. The monoisotopic (exact) mass is 1470 g/mol. The molecule has 21 aromatic rings. The van der Waals surface area contributed by atoms with Gasteiger partial charge >= 0.3 is 103 Å². The average molecular weight is 1480 g/mol. The summed E-state index contributed by atoms with van der Waals surface area (Å²) in [6.07, 6.45) is 0. The van der Waals surface area contributed by atoms with Crippen LogP contribution in [0, 0.1) is 11.6 Å². The van der Waals surface area contributed by atoms with E-state index in [1.165, 1.54) is 32.6 Å². The Bertz CT molecular complexity index is 6700. The van der Waals surface area contributed by atoms with Crippen molar-refractivity contribution in [2.24, 2.45) is 0 Å². The molecule has 0 amide bonds. The Hall–Kier alpha value is -11.3. The summed E-state index contributed by atoms with van der Waals surface area (Å²) in [7, 11) is 0. The number of aromatic amines is 1. The largest absolute Gasteiger partial charge is 1.00 e. The van der Waals surface area contributed by atoms with E-state index in [0.717, 1.165) is 94.5 Å². The van der Waals surface area contributed by atoms with E-state index in [2.05, 4.69) is 198 Å². The van der Waals surface area contributed by atoms with Gasteiger partial charge in [-0.3, -0.25) is 4.79 Å². The van der Waals surface area contributed by atoms with Gasteiger partial charge in [0.25, 0.3) is 6.47 Å². The first-order valence-electron chi connectivity index (χ1n) is 34.5. The molecule has 7 aromatic heterocycles. The average Bonchev–Trinajstić information content (AvgIpc) is 1.56. The number of aromatic nitrogens is 9. The molecule has 0 atom stereocenters. The number of carbonyl (C=O) groups excluding carboxylic acids is 1. The van der Waals surface area contributed by atoms with E-state index in [1.807, 2.05) is 133 Å². The van der Waals surface area contributed by atoms with E-state index >= 15 is 4.39 Å². The molecule has 0 saturated carbocycles. The standard InChI is InChI=1S/C51H31N5O.C27H15F2N3O.C12H9N.CH2O3.2K.H2.H/c1-3-17-32(18-4-1)49-52-50(33-19-5-2-6-20-33)54-51(53-49)47-44(56-41-28-14-9-23-36(41)37-24-10-15-29-42(37)56)31-43(46-38-25-11-16-30-45(38)57-48(46)47)55-39-26-12-7-21-34(39)35-22-8-13-27-40(35)55;28-19-15-20(29)23(24-22(19)18-13-7-8-14-21(18)33-24)27-31-25(16-9-3-1-4-10-16)30-26(32-27)17-11-5-2-6-12-17;1-3-7-11-9(5-1)10-6-2-4-8-12(10)13-11;2-1-4-3;;;;/h1-31H;1-15H;1-8,13H;1,3H;;;1H;/q;;;;2*+1;;-1/p-1/i;;;;;;1+1;. The SMILES string of the molecule is Fc1cc(F)c2c(oc3ccccc32)c1-c1nc(-c2ccccc2)nc(-c2ccccc2)n1.O=CO[O-].[2HH].[H-].[K+].[K+].c1ccc(-c2nc(-c3ccccc3)nc(-c3c(-n4c5ccccc5c5ccccc54)cc(-n4c5ccccc5c5ccccc54)c4c3oc3ccccc34)n2)cc1.c1ccc2c(c1)[nH]c1ccccc12. The molecule has 0 bridgehead atoms. The number of para-hydroxylation sites is 8. The van der Waals surface area contributed by atoms with Crippen LogP contribution in [0.1, 0.15) is 2.85 Å². The third-order valence-corrected chi connectivity index (χ3v) is 19.1. The number of hydrogen-bond acceptors (Lipinski definition) is 11. The molecule has 0 radical (unpaired) electrons. The second-order valence-electron chi connectivity index (χ2n) is 25.3. The Morgan fingerprint density at radius 1 is 0.339 bits per heavy atom. The summed E-state index contributed by atoms with van der Waals surface area (Å²) >= 11 is 0. The molecule has 514 valence electrons. The molecule has 14 nitrogen and oxygen atoms in total. The summed E-state index contributed by atoms with van der Waals surface area (Å²) in [5, 5.41) is 18.5. The number of furan rings is 2. The fourth-order valence-corrected chi connectivity index (χ4v) is 14.5. The first-order chi connectivity index (χ1) is 52.8. The fraction of sp³-hybridized carbons (Fsp3) is 0. The van der Waals surface area contributed by atoms with E-state index in [0.29, 0.717) is 45.7 Å². The van der Waals surface area contributed by atoms with Crippen molar-refractivity contribution in [2.45, 2.75) is 0 Å². The first kappa shape index (κ1) is 71.9. The fourth-order valence-electron chi connectivity index (χ4n) is 14.5. The van der Waals surface area contributed by atoms with E-state index in [9.17, 15) is 4.39 Å². The van der Waals surface area contributed by atoms with Crippen LogP contribution in [0.15, 0.2) is 336 Å². The number of hydrogen-bond donors (Lipinski definition) is 1. The Balaban J connectivity index is 0.000000159. The van der Waals surface area contributed by atoms with Crippen LogP contribution in [-0.4, -0.2) is 50.5 Å². The molecule has 0 unspecified atom stereocenters. The first-order valence-corrected chi connectivity index (χ1v) is 34.5. The predicted octanol–water partition coefficient (Wildman–Crippen LogP) is 16.1. The van der Waals surface area contributed by atoms with E-state index in [1.54, 1.807) is 24.3 Å². The van der Waals surface area contributed by atoms with Crippen LogP contribution >= 0.6 is 0 Å². The van der Waals surface area contributed by atoms with Crippen molar-refractivity contribution in [3.63, 3.8) is 0 Å². The second kappa shape index (κ2) is 31.5. The van der Waals surface area contributed by atoms with Crippen molar-refractivity contribution in [3.8, 4) is 79.7 Å². The Kier molecular flexibility index (Phi) is 20.8. The molecule has 0 aliphatic carbocycles. The van der Waals surface area contributed by atoms with E-state index in [-0.39, 0.29) is 134 Å². The van der Waals surface area contributed by atoms with Crippen LogP contribution in [0.5, 0.6) is 0 Å². The number of nitrogens with zero attached hydrogens (tertiary/aromatic N) is 8. The van der Waals surface area contributed by atoms with Gasteiger partial charge in [-0.2, -0.15) is 0 Å². The van der Waals surface area contributed by atoms with Gasteiger partial charge in [0.1, 0.15) is 22.8 Å². The molecular weight excluding hydrogens is 1420 g/mol. The van der Waals surface area contributed by atoms with Crippen molar-refractivity contribution in [3.05, 3.63) is 339 Å². The van der Waals surface area contributed by atoms with E-state index < -0.39 is 11.6 Å². The van der Waals surface area contributed by atoms with Gasteiger partial charge in [0, 0.05) is 83.9 Å². The van der Waals surface area contributed by atoms with Crippen molar-refractivity contribution >= 4 is 116 Å². The maximum atomic E-state index is 15.3. The van der Waals surface area contributed by atoms with Crippen molar-refractivity contribution in [1.82, 2.24) is 44.0 Å². The summed E-state index contributed by atoms with van der Waals surface area (Å²) < 4.78 is 47.9. The normalized spacial score (nSPS) is 11.1. The minimum Gasteiger partial charge on any atom is -1.00 e. The summed E-state index contributed by atoms with van der Waals surface area (Å²) in [4.78, 5) is 44.1. The number of fused-ring (bicyclic) bond motifs is 15.